The van der Waals surface area contributed by atoms with E-state index < -0.39 is 0 Å². The van der Waals surface area contributed by atoms with E-state index in [1.807, 2.05) is 6.92 Å². The normalized spacial score (nSPS) is 44.7. The third kappa shape index (κ3) is 1.34. The molecule has 3 heteroatoms. The highest BCUT2D eigenvalue weighted by Crippen LogP contribution is 2.89. The lowest BCUT2D eigenvalue weighted by Crippen LogP contribution is -2.51. The van der Waals surface area contributed by atoms with E-state index in [1.54, 1.807) is 0 Å². The van der Waals surface area contributed by atoms with Gasteiger partial charge in [0.25, 0.3) is 0 Å². The Hall–Kier alpha value is -1.61. The largest absolute Gasteiger partial charge is 0.462 e. The Labute approximate surface area is 149 Å². The third-order valence-corrected chi connectivity index (χ3v) is 8.26. The van der Waals surface area contributed by atoms with Gasteiger partial charge in [-0.05, 0) is 28.5 Å². The first kappa shape index (κ1) is 15.6. The Morgan fingerprint density at radius 1 is 1.32 bits per heavy atom. The Bertz CT molecular complexity index is 824. The molecule has 1 aromatic rings. The molecule has 1 saturated heterocycles. The molecule has 4 aliphatic rings. The molecule has 1 aromatic carbocycles. The third-order valence-electron chi connectivity index (χ3n) is 8.26. The Kier molecular flexibility index (Phi) is 2.63. The molecule has 0 amide bonds. The number of epoxide rings is 1. The molecule has 3 fully saturated rings. The van der Waals surface area contributed by atoms with E-state index in [-0.39, 0.29) is 34.1 Å². The summed E-state index contributed by atoms with van der Waals surface area (Å²) >= 11 is 0. The van der Waals surface area contributed by atoms with Gasteiger partial charge in [-0.1, -0.05) is 58.5 Å². The van der Waals surface area contributed by atoms with Gasteiger partial charge in [-0.3, -0.25) is 4.79 Å². The smallest absolute Gasteiger partial charge is 0.305 e. The summed E-state index contributed by atoms with van der Waals surface area (Å²) in [7, 11) is 0. The second kappa shape index (κ2) is 4.20. The highest BCUT2D eigenvalue weighted by Gasteiger charge is 2.95. The number of esters is 1. The lowest BCUT2D eigenvalue weighted by Gasteiger charge is -2.45. The topological polar surface area (TPSA) is 38.8 Å². The van der Waals surface area contributed by atoms with Gasteiger partial charge in [0, 0.05) is 24.2 Å². The van der Waals surface area contributed by atoms with Crippen molar-refractivity contribution in [2.75, 3.05) is 0 Å². The number of rotatable bonds is 2. The first-order valence-corrected chi connectivity index (χ1v) is 9.43. The van der Waals surface area contributed by atoms with Crippen LogP contribution in [-0.4, -0.2) is 17.7 Å². The average Bonchev–Trinajstić information content (AvgIpc) is 3.21. The van der Waals surface area contributed by atoms with Crippen LogP contribution in [0.4, 0.5) is 0 Å². The van der Waals surface area contributed by atoms with Crippen molar-refractivity contribution < 1.29 is 14.3 Å². The molecule has 3 nitrogen and oxygen atoms in total. The maximum Gasteiger partial charge on any atom is 0.305 e. The van der Waals surface area contributed by atoms with Gasteiger partial charge in [-0.25, -0.2) is 0 Å². The Balaban J connectivity index is 1.69. The van der Waals surface area contributed by atoms with Crippen molar-refractivity contribution in [3.8, 4) is 0 Å². The zero-order valence-electron chi connectivity index (χ0n) is 15.5. The van der Waals surface area contributed by atoms with E-state index in [0.717, 1.165) is 18.4 Å². The van der Waals surface area contributed by atoms with Crippen LogP contribution < -0.4 is 0 Å². The van der Waals surface area contributed by atoms with Crippen molar-refractivity contribution in [1.82, 2.24) is 0 Å². The van der Waals surface area contributed by atoms with Crippen LogP contribution in [0.3, 0.4) is 0 Å². The zero-order valence-corrected chi connectivity index (χ0v) is 15.5. The molecule has 25 heavy (non-hydrogen) atoms. The Morgan fingerprint density at radius 2 is 2.04 bits per heavy atom. The minimum absolute atomic E-state index is 0.0433. The first-order chi connectivity index (χ1) is 11.8. The van der Waals surface area contributed by atoms with Crippen LogP contribution in [0.2, 0.25) is 0 Å². The quantitative estimate of drug-likeness (QED) is 0.590. The van der Waals surface area contributed by atoms with Gasteiger partial charge in [0.1, 0.15) is 17.3 Å². The molecule has 0 N–H and O–H groups in total. The summed E-state index contributed by atoms with van der Waals surface area (Å²) < 4.78 is 12.6. The Morgan fingerprint density at radius 3 is 2.76 bits per heavy atom. The zero-order chi connectivity index (χ0) is 17.8. The number of carbonyl (C=O) groups is 1. The van der Waals surface area contributed by atoms with Gasteiger partial charge in [-0.2, -0.15) is 0 Å². The summed E-state index contributed by atoms with van der Waals surface area (Å²) in [5, 5.41) is 0. The SMILES string of the molecule is C=C1CC23OC2(c2ccccc21)C1CC(OC(=O)CC)C3(C)C1(C)C. The summed E-state index contributed by atoms with van der Waals surface area (Å²) in [6.45, 7) is 13.2. The number of benzene rings is 1. The fraction of sp³-hybridized carbons (Fsp3) is 0.591. The van der Waals surface area contributed by atoms with Crippen molar-refractivity contribution in [2.24, 2.45) is 16.7 Å². The molecule has 5 rings (SSSR count). The van der Waals surface area contributed by atoms with E-state index >= 15 is 0 Å². The molecular weight excluding hydrogens is 312 g/mol. The fourth-order valence-electron chi connectivity index (χ4n) is 6.80. The molecule has 0 radical (unpaired) electrons. The van der Waals surface area contributed by atoms with Crippen molar-refractivity contribution >= 4 is 11.5 Å². The lowest BCUT2D eigenvalue weighted by atomic mass is 9.59. The second-order valence-corrected chi connectivity index (χ2v) is 9.04. The van der Waals surface area contributed by atoms with Crippen molar-refractivity contribution in [3.05, 3.63) is 42.0 Å². The molecule has 5 unspecified atom stereocenters. The van der Waals surface area contributed by atoms with Gasteiger partial charge in [0.2, 0.25) is 0 Å². The average molecular weight is 338 g/mol. The summed E-state index contributed by atoms with van der Waals surface area (Å²) in [6, 6.07) is 8.58. The maximum absolute atomic E-state index is 12.1. The minimum Gasteiger partial charge on any atom is -0.462 e. The molecule has 2 bridgehead atoms. The molecule has 2 saturated carbocycles. The van der Waals surface area contributed by atoms with E-state index in [0.29, 0.717) is 12.3 Å². The number of hydrogen-bond acceptors (Lipinski definition) is 3. The molecule has 3 aliphatic carbocycles. The molecule has 0 aromatic heterocycles. The van der Waals surface area contributed by atoms with Crippen LogP contribution in [0.15, 0.2) is 30.8 Å². The predicted molar refractivity (Wildman–Crippen MR) is 95.8 cm³/mol. The summed E-state index contributed by atoms with van der Waals surface area (Å²) in [5.41, 5.74) is 3.04. The number of carbonyl (C=O) groups excluding carboxylic acids is 1. The van der Waals surface area contributed by atoms with Gasteiger partial charge >= 0.3 is 5.97 Å². The van der Waals surface area contributed by atoms with Crippen LogP contribution >= 0.6 is 0 Å². The fourth-order valence-corrected chi connectivity index (χ4v) is 6.80. The highest BCUT2D eigenvalue weighted by atomic mass is 16.6. The van der Waals surface area contributed by atoms with Crippen molar-refractivity contribution in [2.45, 2.75) is 64.3 Å². The number of fused-ring (bicyclic) bond motifs is 3. The number of hydrogen-bond donors (Lipinski definition) is 0. The van der Waals surface area contributed by atoms with Crippen molar-refractivity contribution in [3.63, 3.8) is 0 Å². The van der Waals surface area contributed by atoms with Crippen LogP contribution in [0.25, 0.3) is 5.57 Å². The van der Waals surface area contributed by atoms with Crippen LogP contribution in [0.5, 0.6) is 0 Å². The minimum atomic E-state index is -0.281. The van der Waals surface area contributed by atoms with E-state index in [1.165, 1.54) is 11.1 Å². The summed E-state index contributed by atoms with van der Waals surface area (Å²) in [5.74, 6) is 0.251. The van der Waals surface area contributed by atoms with Gasteiger partial charge in [0.15, 0.2) is 0 Å². The van der Waals surface area contributed by atoms with E-state index in [2.05, 4.69) is 51.6 Å². The molecule has 1 heterocycles. The van der Waals surface area contributed by atoms with Crippen LogP contribution in [0, 0.1) is 16.7 Å². The van der Waals surface area contributed by atoms with Crippen molar-refractivity contribution in [1.29, 1.82) is 0 Å². The van der Waals surface area contributed by atoms with Crippen LogP contribution in [0.1, 0.15) is 58.1 Å². The molecule has 1 aliphatic heterocycles. The lowest BCUT2D eigenvalue weighted by molar-refractivity contribution is -0.160. The highest BCUT2D eigenvalue weighted by molar-refractivity contribution is 5.76. The molecule has 5 atom stereocenters. The first-order valence-electron chi connectivity index (χ1n) is 9.43. The number of ether oxygens (including phenoxy) is 2. The van der Waals surface area contributed by atoms with Gasteiger partial charge in [-0.15, -0.1) is 0 Å². The molecule has 132 valence electrons. The predicted octanol–water partition coefficient (Wildman–Crippen LogP) is 4.46. The molecular formula is C22H26O3. The van der Waals surface area contributed by atoms with Crippen LogP contribution in [-0.2, 0) is 19.9 Å². The monoisotopic (exact) mass is 338 g/mol. The summed E-state index contributed by atoms with van der Waals surface area (Å²) in [6.07, 6.45) is 2.07. The van der Waals surface area contributed by atoms with E-state index in [9.17, 15) is 4.79 Å². The van der Waals surface area contributed by atoms with Gasteiger partial charge < -0.3 is 9.47 Å². The maximum atomic E-state index is 12.1. The van der Waals surface area contributed by atoms with Gasteiger partial charge in [0.05, 0.1) is 0 Å². The van der Waals surface area contributed by atoms with E-state index in [4.69, 9.17) is 9.47 Å². The summed E-state index contributed by atoms with van der Waals surface area (Å²) in [4.78, 5) is 12.1. The standard InChI is InChI=1S/C22H26O3/c1-6-18(23)24-17-11-16-19(3,4)20(17,5)21-12-13(2)14-9-7-8-10-15(14)22(16,21)25-21/h7-10,16-17H,2,6,11-12H2,1,3-5H3. The second-order valence-electron chi connectivity index (χ2n) is 9.04. The molecule has 0 spiro atoms.